The van der Waals surface area contributed by atoms with Crippen LogP contribution in [0.4, 0.5) is 5.69 Å². The molecule has 4 nitrogen and oxygen atoms in total. The molecule has 168 valence electrons. The van der Waals surface area contributed by atoms with Crippen molar-refractivity contribution in [3.8, 4) is 11.8 Å². The van der Waals surface area contributed by atoms with E-state index in [1.807, 2.05) is 93.6 Å². The molecule has 0 atom stereocenters. The van der Waals surface area contributed by atoms with Crippen molar-refractivity contribution in [1.82, 2.24) is 0 Å². The number of carbonyl (C=O) groups is 1. The zero-order valence-corrected chi connectivity index (χ0v) is 19.6. The molecule has 1 N–H and O–H groups in total. The van der Waals surface area contributed by atoms with Crippen LogP contribution in [0.5, 0.6) is 5.75 Å². The lowest BCUT2D eigenvalue weighted by molar-refractivity contribution is -0.112. The molecule has 0 aliphatic rings. The number of nitrogens with one attached hydrogen (secondary N) is 1. The molecule has 0 bridgehead atoms. The van der Waals surface area contributed by atoms with Crippen LogP contribution in [0.2, 0.25) is 0 Å². The first-order chi connectivity index (χ1) is 16.5. The van der Waals surface area contributed by atoms with Crippen LogP contribution in [-0.2, 0) is 11.4 Å². The van der Waals surface area contributed by atoms with E-state index >= 15 is 0 Å². The van der Waals surface area contributed by atoms with E-state index in [1.165, 1.54) is 0 Å². The van der Waals surface area contributed by atoms with E-state index in [-0.39, 0.29) is 5.57 Å². The number of amides is 1. The summed E-state index contributed by atoms with van der Waals surface area (Å²) < 4.78 is 6.18. The normalized spacial score (nSPS) is 11.2. The number of hydrogen-bond acceptors (Lipinski definition) is 3. The smallest absolute Gasteiger partial charge is 0.266 e. The maximum Gasteiger partial charge on any atom is 0.266 e. The number of fused-ring (bicyclic) bond motifs is 1. The van der Waals surface area contributed by atoms with Gasteiger partial charge in [0, 0.05) is 11.3 Å². The molecule has 0 saturated heterocycles. The van der Waals surface area contributed by atoms with Gasteiger partial charge >= 0.3 is 0 Å². The molecular weight excluding hydrogens is 420 g/mol. The molecule has 0 unspecified atom stereocenters. The number of benzene rings is 4. The molecule has 34 heavy (non-hydrogen) atoms. The van der Waals surface area contributed by atoms with Crippen molar-refractivity contribution < 1.29 is 9.53 Å². The quantitative estimate of drug-likeness (QED) is 0.259. The summed E-state index contributed by atoms with van der Waals surface area (Å²) in [6.45, 7) is 6.36. The van der Waals surface area contributed by atoms with Gasteiger partial charge in [0.2, 0.25) is 0 Å². The highest BCUT2D eigenvalue weighted by Crippen LogP contribution is 2.31. The van der Waals surface area contributed by atoms with Crippen LogP contribution in [0.1, 0.15) is 27.8 Å². The number of nitrogens with zero attached hydrogens (tertiary/aromatic N) is 1. The number of rotatable bonds is 6. The van der Waals surface area contributed by atoms with Gasteiger partial charge in [0.15, 0.2) is 0 Å². The summed E-state index contributed by atoms with van der Waals surface area (Å²) in [5.41, 5.74) is 5.67. The summed E-state index contributed by atoms with van der Waals surface area (Å²) >= 11 is 0. The third kappa shape index (κ3) is 5.00. The fourth-order valence-electron chi connectivity index (χ4n) is 3.88. The van der Waals surface area contributed by atoms with Crippen molar-refractivity contribution in [1.29, 1.82) is 5.26 Å². The van der Waals surface area contributed by atoms with Crippen LogP contribution >= 0.6 is 0 Å². The van der Waals surface area contributed by atoms with Gasteiger partial charge in [-0.25, -0.2) is 0 Å². The minimum absolute atomic E-state index is 0.0117. The largest absolute Gasteiger partial charge is 0.488 e. The van der Waals surface area contributed by atoms with Gasteiger partial charge < -0.3 is 10.1 Å². The fraction of sp³-hybridized carbons (Fsp3) is 0.133. The molecule has 0 saturated carbocycles. The molecule has 0 aromatic heterocycles. The number of hydrogen-bond donors (Lipinski definition) is 1. The van der Waals surface area contributed by atoms with Crippen molar-refractivity contribution in [2.24, 2.45) is 0 Å². The molecule has 0 heterocycles. The first-order valence-corrected chi connectivity index (χ1v) is 11.2. The first kappa shape index (κ1) is 22.8. The van der Waals surface area contributed by atoms with Gasteiger partial charge in [-0.2, -0.15) is 5.26 Å². The van der Waals surface area contributed by atoms with E-state index in [1.54, 1.807) is 6.08 Å². The maximum atomic E-state index is 13.0. The second-order valence-electron chi connectivity index (χ2n) is 8.35. The van der Waals surface area contributed by atoms with Gasteiger partial charge in [0.05, 0.1) is 0 Å². The van der Waals surface area contributed by atoms with Crippen LogP contribution in [0.25, 0.3) is 16.8 Å². The number of anilines is 1. The lowest BCUT2D eigenvalue weighted by atomic mass is 10.0. The second kappa shape index (κ2) is 10.1. The summed E-state index contributed by atoms with van der Waals surface area (Å²) in [5, 5.41) is 14.6. The van der Waals surface area contributed by atoms with Crippen molar-refractivity contribution >= 4 is 28.4 Å². The molecule has 0 spiro atoms. The standard InChI is InChI=1S/C30H26N2O2/c1-20-8-6-10-23(16-20)19-34-29-15-14-24-11-4-5-12-26(24)27(29)17-25(18-31)30(33)32-28-13-7-9-21(2)22(28)3/h4-17H,19H2,1-3H3,(H,32,33)/b25-17+. The number of carbonyl (C=O) groups excluding carboxylic acids is 1. The van der Waals surface area contributed by atoms with Crippen LogP contribution in [0.3, 0.4) is 0 Å². The summed E-state index contributed by atoms with van der Waals surface area (Å²) in [6.07, 6.45) is 1.62. The number of aryl methyl sites for hydroxylation is 2. The Labute approximate surface area is 200 Å². The van der Waals surface area contributed by atoms with Crippen LogP contribution in [0, 0.1) is 32.1 Å². The third-order valence-electron chi connectivity index (χ3n) is 5.91. The minimum Gasteiger partial charge on any atom is -0.488 e. The fourth-order valence-corrected chi connectivity index (χ4v) is 3.88. The molecule has 0 aliphatic carbocycles. The lowest BCUT2D eigenvalue weighted by Crippen LogP contribution is -2.14. The summed E-state index contributed by atoms with van der Waals surface area (Å²) in [6, 6.07) is 27.7. The van der Waals surface area contributed by atoms with Crippen molar-refractivity contribution in [3.05, 3.63) is 112 Å². The SMILES string of the molecule is Cc1cccc(COc2ccc3ccccc3c2/C=C(\C#N)C(=O)Nc2cccc(C)c2C)c1. The van der Waals surface area contributed by atoms with Crippen LogP contribution in [-0.4, -0.2) is 5.91 Å². The van der Waals surface area contributed by atoms with Gasteiger partial charge in [0.25, 0.3) is 5.91 Å². The highest BCUT2D eigenvalue weighted by Gasteiger charge is 2.15. The van der Waals surface area contributed by atoms with E-state index in [2.05, 4.69) is 17.5 Å². The molecule has 0 radical (unpaired) electrons. The van der Waals surface area contributed by atoms with Crippen LogP contribution in [0.15, 0.2) is 84.4 Å². The van der Waals surface area contributed by atoms with Gasteiger partial charge in [0.1, 0.15) is 24.0 Å². The maximum absolute atomic E-state index is 13.0. The molecule has 4 aromatic rings. The third-order valence-corrected chi connectivity index (χ3v) is 5.91. The van der Waals surface area contributed by atoms with Crippen molar-refractivity contribution in [2.75, 3.05) is 5.32 Å². The van der Waals surface area contributed by atoms with Crippen LogP contribution < -0.4 is 10.1 Å². The zero-order chi connectivity index (χ0) is 24.1. The topological polar surface area (TPSA) is 62.1 Å². The lowest BCUT2D eigenvalue weighted by Gasteiger charge is -2.14. The Kier molecular flexibility index (Phi) is 6.75. The highest BCUT2D eigenvalue weighted by molar-refractivity contribution is 6.11. The number of ether oxygens (including phenoxy) is 1. The number of nitriles is 1. The van der Waals surface area contributed by atoms with Crippen molar-refractivity contribution in [2.45, 2.75) is 27.4 Å². The zero-order valence-electron chi connectivity index (χ0n) is 19.6. The Balaban J connectivity index is 1.71. The van der Waals surface area contributed by atoms with Gasteiger partial charge in [-0.05, 0) is 66.4 Å². The van der Waals surface area contributed by atoms with E-state index in [0.717, 1.165) is 33.0 Å². The average Bonchev–Trinajstić information content (AvgIpc) is 2.84. The Hall–Kier alpha value is -4.36. The van der Waals surface area contributed by atoms with E-state index < -0.39 is 5.91 Å². The van der Waals surface area contributed by atoms with Gasteiger partial charge in [-0.15, -0.1) is 0 Å². The molecule has 4 aromatic carbocycles. The van der Waals surface area contributed by atoms with E-state index in [4.69, 9.17) is 4.74 Å². The molecular formula is C30H26N2O2. The van der Waals surface area contributed by atoms with Crippen molar-refractivity contribution in [3.63, 3.8) is 0 Å². The molecule has 4 rings (SSSR count). The second-order valence-corrected chi connectivity index (χ2v) is 8.35. The predicted octanol–water partition coefficient (Wildman–Crippen LogP) is 6.89. The summed E-state index contributed by atoms with van der Waals surface area (Å²) in [5.74, 6) is 0.168. The Morgan fingerprint density at radius 3 is 2.56 bits per heavy atom. The molecule has 1 amide bonds. The summed E-state index contributed by atoms with van der Waals surface area (Å²) in [7, 11) is 0. The predicted molar refractivity (Wildman–Crippen MR) is 138 cm³/mol. The average molecular weight is 447 g/mol. The van der Waals surface area contributed by atoms with E-state index in [9.17, 15) is 10.1 Å². The van der Waals surface area contributed by atoms with Gasteiger partial charge in [-0.1, -0.05) is 72.3 Å². The minimum atomic E-state index is -0.450. The Morgan fingerprint density at radius 1 is 0.971 bits per heavy atom. The van der Waals surface area contributed by atoms with Gasteiger partial charge in [-0.3, -0.25) is 4.79 Å². The molecule has 4 heteroatoms. The Bertz CT molecular complexity index is 1440. The van der Waals surface area contributed by atoms with E-state index in [0.29, 0.717) is 23.6 Å². The first-order valence-electron chi connectivity index (χ1n) is 11.2. The molecule has 0 aliphatic heterocycles. The summed E-state index contributed by atoms with van der Waals surface area (Å²) in [4.78, 5) is 13.0. The highest BCUT2D eigenvalue weighted by atomic mass is 16.5. The monoisotopic (exact) mass is 446 g/mol. The Morgan fingerprint density at radius 2 is 1.76 bits per heavy atom. The molecule has 0 fully saturated rings.